The molecule has 31 heavy (non-hydrogen) atoms. The third-order valence-corrected chi connectivity index (χ3v) is 6.06. The van der Waals surface area contributed by atoms with E-state index in [1.165, 1.54) is 16.2 Å². The number of hydrogen-bond donors (Lipinski definition) is 1. The number of amides is 1. The van der Waals surface area contributed by atoms with Crippen LogP contribution in [-0.2, 0) is 9.59 Å². The summed E-state index contributed by atoms with van der Waals surface area (Å²) in [4.78, 5) is 27.6. The standard InChI is InChI=1S/C23H21N3O4S/c1-12-8-9-13(2)17(10-12)20(27)18-19(15-6-5-7-16(11-15)30-4)26(22(29)21(18)28)23-25-24-14(3)31-23/h5-11,19,27H,1-4H3. The van der Waals surface area contributed by atoms with Gasteiger partial charge in [-0.1, -0.05) is 41.2 Å². The van der Waals surface area contributed by atoms with Crippen LogP contribution >= 0.6 is 11.3 Å². The summed E-state index contributed by atoms with van der Waals surface area (Å²) in [6.45, 7) is 5.52. The van der Waals surface area contributed by atoms with Crippen LogP contribution in [0.4, 0.5) is 5.13 Å². The van der Waals surface area contributed by atoms with E-state index in [2.05, 4.69) is 10.2 Å². The molecule has 1 aromatic heterocycles. The lowest BCUT2D eigenvalue weighted by Gasteiger charge is -2.23. The Labute approximate surface area is 183 Å². The normalized spacial score (nSPS) is 17.9. The third-order valence-electron chi connectivity index (χ3n) is 5.22. The number of Topliss-reactive ketones (excluding diaryl/α,β-unsaturated/α-hetero) is 1. The quantitative estimate of drug-likeness (QED) is 0.377. The Kier molecular flexibility index (Phi) is 5.32. The summed E-state index contributed by atoms with van der Waals surface area (Å²) in [6.07, 6.45) is 0. The summed E-state index contributed by atoms with van der Waals surface area (Å²) in [7, 11) is 1.54. The summed E-state index contributed by atoms with van der Waals surface area (Å²) < 4.78 is 5.34. The first kappa shape index (κ1) is 20.7. The molecule has 0 spiro atoms. The van der Waals surface area contributed by atoms with Gasteiger partial charge in [0.1, 0.15) is 16.5 Å². The van der Waals surface area contributed by atoms with Gasteiger partial charge >= 0.3 is 5.91 Å². The van der Waals surface area contributed by atoms with E-state index in [4.69, 9.17) is 4.74 Å². The third kappa shape index (κ3) is 3.59. The van der Waals surface area contributed by atoms with Crippen molar-refractivity contribution in [1.29, 1.82) is 0 Å². The van der Waals surface area contributed by atoms with Crippen LogP contribution in [0.5, 0.6) is 5.75 Å². The van der Waals surface area contributed by atoms with Gasteiger partial charge in [0.05, 0.1) is 18.7 Å². The molecule has 7 nitrogen and oxygen atoms in total. The van der Waals surface area contributed by atoms with E-state index in [1.807, 2.05) is 26.0 Å². The molecule has 0 radical (unpaired) electrons. The number of aliphatic hydroxyl groups is 1. The number of anilines is 1. The van der Waals surface area contributed by atoms with Crippen molar-refractivity contribution in [1.82, 2.24) is 10.2 Å². The molecule has 4 rings (SSSR count). The zero-order chi connectivity index (χ0) is 22.3. The molecule has 1 fully saturated rings. The summed E-state index contributed by atoms with van der Waals surface area (Å²) in [5.74, 6) is -1.16. The minimum absolute atomic E-state index is 0.0137. The summed E-state index contributed by atoms with van der Waals surface area (Å²) in [6, 6.07) is 11.8. The van der Waals surface area contributed by atoms with E-state index in [-0.39, 0.29) is 11.3 Å². The van der Waals surface area contributed by atoms with E-state index in [0.29, 0.717) is 27.0 Å². The number of aliphatic hydroxyl groups excluding tert-OH is 1. The maximum Gasteiger partial charge on any atom is 0.301 e. The van der Waals surface area contributed by atoms with Crippen LogP contribution in [-0.4, -0.2) is 34.1 Å². The average Bonchev–Trinajstić information content (AvgIpc) is 3.30. The topological polar surface area (TPSA) is 92.6 Å². The Bertz CT molecular complexity index is 1230. The van der Waals surface area contributed by atoms with Crippen LogP contribution in [0.1, 0.15) is 33.3 Å². The molecule has 0 saturated carbocycles. The second-order valence-electron chi connectivity index (χ2n) is 7.37. The summed E-state index contributed by atoms with van der Waals surface area (Å²) in [5, 5.41) is 20.3. The number of rotatable bonds is 4. The monoisotopic (exact) mass is 435 g/mol. The Balaban J connectivity index is 1.99. The van der Waals surface area contributed by atoms with Gasteiger partial charge in [-0.25, -0.2) is 0 Å². The van der Waals surface area contributed by atoms with E-state index >= 15 is 0 Å². The van der Waals surface area contributed by atoms with Gasteiger partial charge in [0.2, 0.25) is 5.13 Å². The number of benzene rings is 2. The second-order valence-corrected chi connectivity index (χ2v) is 8.53. The maximum absolute atomic E-state index is 13.2. The predicted molar refractivity (Wildman–Crippen MR) is 118 cm³/mol. The number of carbonyl (C=O) groups excluding carboxylic acids is 2. The van der Waals surface area contributed by atoms with Crippen LogP contribution in [0, 0.1) is 20.8 Å². The molecule has 3 aromatic rings. The van der Waals surface area contributed by atoms with Gasteiger partial charge in [-0.3, -0.25) is 14.5 Å². The van der Waals surface area contributed by atoms with Crippen LogP contribution < -0.4 is 9.64 Å². The lowest BCUT2D eigenvalue weighted by atomic mass is 9.93. The molecule has 1 unspecified atom stereocenters. The number of methoxy groups -OCH3 is 1. The molecule has 1 aliphatic rings. The van der Waals surface area contributed by atoms with Crippen molar-refractivity contribution in [2.75, 3.05) is 12.0 Å². The lowest BCUT2D eigenvalue weighted by molar-refractivity contribution is -0.132. The molecule has 1 saturated heterocycles. The molecule has 0 aliphatic carbocycles. The maximum atomic E-state index is 13.2. The van der Waals surface area contributed by atoms with Crippen molar-refractivity contribution in [2.24, 2.45) is 0 Å². The van der Waals surface area contributed by atoms with Crippen molar-refractivity contribution in [3.05, 3.63) is 75.3 Å². The summed E-state index contributed by atoms with van der Waals surface area (Å²) in [5.41, 5.74) is 2.88. The molecular weight excluding hydrogens is 414 g/mol. The van der Waals surface area contributed by atoms with Gasteiger partial charge in [0, 0.05) is 5.56 Å². The van der Waals surface area contributed by atoms with E-state index in [9.17, 15) is 14.7 Å². The molecule has 2 heterocycles. The molecule has 158 valence electrons. The molecule has 2 aromatic carbocycles. The first-order valence-electron chi connectivity index (χ1n) is 9.64. The van der Waals surface area contributed by atoms with Crippen molar-refractivity contribution in [3.63, 3.8) is 0 Å². The minimum Gasteiger partial charge on any atom is -0.507 e. The molecule has 1 N–H and O–H groups in total. The fourth-order valence-electron chi connectivity index (χ4n) is 3.68. The number of hydrogen-bond acceptors (Lipinski definition) is 7. The van der Waals surface area contributed by atoms with Gasteiger partial charge < -0.3 is 9.84 Å². The van der Waals surface area contributed by atoms with E-state index in [1.54, 1.807) is 44.4 Å². The number of ether oxygens (including phenoxy) is 1. The fraction of sp³-hybridized carbons (Fsp3) is 0.217. The Morgan fingerprint density at radius 2 is 1.87 bits per heavy atom. The first-order chi connectivity index (χ1) is 14.8. The Morgan fingerprint density at radius 1 is 1.10 bits per heavy atom. The van der Waals surface area contributed by atoms with Crippen molar-refractivity contribution >= 4 is 33.9 Å². The molecular formula is C23H21N3O4S. The highest BCUT2D eigenvalue weighted by Crippen LogP contribution is 2.43. The second kappa shape index (κ2) is 7.96. The number of aryl methyl sites for hydroxylation is 3. The number of carbonyl (C=O) groups is 2. The van der Waals surface area contributed by atoms with Crippen LogP contribution in [0.3, 0.4) is 0 Å². The number of aromatic nitrogens is 2. The fourth-order valence-corrected chi connectivity index (χ4v) is 4.39. The number of nitrogens with zero attached hydrogens (tertiary/aromatic N) is 3. The SMILES string of the molecule is COc1cccc(C2C(=C(O)c3cc(C)ccc3C)C(=O)C(=O)N2c2nnc(C)s2)c1. The molecule has 8 heteroatoms. The smallest absolute Gasteiger partial charge is 0.301 e. The predicted octanol–water partition coefficient (Wildman–Crippen LogP) is 4.10. The highest BCUT2D eigenvalue weighted by molar-refractivity contribution is 7.15. The number of ketones is 1. The zero-order valence-corrected chi connectivity index (χ0v) is 18.4. The van der Waals surface area contributed by atoms with Crippen molar-refractivity contribution in [2.45, 2.75) is 26.8 Å². The van der Waals surface area contributed by atoms with E-state index in [0.717, 1.165) is 11.1 Å². The highest BCUT2D eigenvalue weighted by Gasteiger charge is 2.48. The lowest BCUT2D eigenvalue weighted by Crippen LogP contribution is -2.29. The van der Waals surface area contributed by atoms with Crippen molar-refractivity contribution < 1.29 is 19.4 Å². The van der Waals surface area contributed by atoms with Crippen LogP contribution in [0.25, 0.3) is 5.76 Å². The summed E-state index contributed by atoms with van der Waals surface area (Å²) >= 11 is 1.21. The highest BCUT2D eigenvalue weighted by atomic mass is 32.1. The first-order valence-corrected chi connectivity index (χ1v) is 10.5. The minimum atomic E-state index is -0.859. The average molecular weight is 436 g/mol. The van der Waals surface area contributed by atoms with E-state index < -0.39 is 17.7 Å². The van der Waals surface area contributed by atoms with Gasteiger partial charge in [0.15, 0.2) is 0 Å². The molecule has 1 aliphatic heterocycles. The van der Waals surface area contributed by atoms with Crippen LogP contribution in [0.15, 0.2) is 48.0 Å². The largest absolute Gasteiger partial charge is 0.507 e. The van der Waals surface area contributed by atoms with Crippen LogP contribution in [0.2, 0.25) is 0 Å². The molecule has 1 atom stereocenters. The van der Waals surface area contributed by atoms with Gasteiger partial charge in [0.25, 0.3) is 5.78 Å². The Morgan fingerprint density at radius 3 is 2.55 bits per heavy atom. The van der Waals surface area contributed by atoms with Gasteiger partial charge in [-0.05, 0) is 50.1 Å². The molecule has 0 bridgehead atoms. The van der Waals surface area contributed by atoms with Crippen molar-refractivity contribution in [3.8, 4) is 5.75 Å². The Hall–Kier alpha value is -3.52. The van der Waals surface area contributed by atoms with Gasteiger partial charge in [-0.2, -0.15) is 0 Å². The van der Waals surface area contributed by atoms with Gasteiger partial charge in [-0.15, -0.1) is 10.2 Å². The zero-order valence-electron chi connectivity index (χ0n) is 17.5. The molecule has 1 amide bonds.